The van der Waals surface area contributed by atoms with Gasteiger partial charge in [0, 0.05) is 39.6 Å². The third-order valence-electron chi connectivity index (χ3n) is 6.28. The van der Waals surface area contributed by atoms with Gasteiger partial charge in [0.2, 0.25) is 0 Å². The van der Waals surface area contributed by atoms with Gasteiger partial charge < -0.3 is 15.7 Å². The van der Waals surface area contributed by atoms with Gasteiger partial charge in [0.25, 0.3) is 0 Å². The van der Waals surface area contributed by atoms with E-state index in [0.717, 1.165) is 12.3 Å². The van der Waals surface area contributed by atoms with Crippen LogP contribution in [0, 0.1) is 0 Å². The molecule has 0 unspecified atom stereocenters. The van der Waals surface area contributed by atoms with Gasteiger partial charge in [-0.3, -0.25) is 9.78 Å². The number of amides is 2. The van der Waals surface area contributed by atoms with Crippen LogP contribution in [-0.2, 0) is 6.18 Å². The van der Waals surface area contributed by atoms with Crippen molar-refractivity contribution < 1.29 is 32.7 Å². The SMILES string of the molecule is O=C(Nc1ccc(C(=O)O)cc1)Nc1cccc(-c2c(C(=O)c3ccccc3)cnc3c(C(F)(F)F)cccc23)c1. The molecule has 4 aromatic carbocycles. The highest BCUT2D eigenvalue weighted by Crippen LogP contribution is 2.39. The molecule has 0 spiro atoms. The Kier molecular flexibility index (Phi) is 7.22. The standard InChI is InChI=1S/C31H20F3N3O4/c32-31(33,34)25-11-5-10-23-26(24(17-35-27(23)25)28(38)18-6-2-1-3-7-18)20-8-4-9-22(16-20)37-30(41)36-21-14-12-19(13-15-21)29(39)40/h1-17H,(H,39,40)(H2,36,37,41). The highest BCUT2D eigenvalue weighted by molar-refractivity contribution is 6.17. The fourth-order valence-corrected chi connectivity index (χ4v) is 4.42. The number of para-hydroxylation sites is 1. The maximum atomic E-state index is 13.8. The number of nitrogens with one attached hydrogen (secondary N) is 2. The van der Waals surface area contributed by atoms with E-state index in [1.165, 1.54) is 36.4 Å². The minimum atomic E-state index is -4.67. The van der Waals surface area contributed by atoms with Crippen LogP contribution in [0.1, 0.15) is 31.8 Å². The predicted molar refractivity (Wildman–Crippen MR) is 148 cm³/mol. The monoisotopic (exact) mass is 555 g/mol. The molecule has 5 rings (SSSR count). The van der Waals surface area contributed by atoms with Crippen LogP contribution in [0.3, 0.4) is 0 Å². The van der Waals surface area contributed by atoms with E-state index >= 15 is 0 Å². The summed E-state index contributed by atoms with van der Waals surface area (Å²) in [5.41, 5.74) is 0.535. The van der Waals surface area contributed by atoms with Gasteiger partial charge in [0.05, 0.1) is 16.6 Å². The van der Waals surface area contributed by atoms with Crippen molar-refractivity contribution in [3.63, 3.8) is 0 Å². The topological polar surface area (TPSA) is 108 Å². The minimum absolute atomic E-state index is 0.0581. The normalized spacial score (nSPS) is 11.2. The van der Waals surface area contributed by atoms with Gasteiger partial charge >= 0.3 is 18.2 Å². The first-order valence-corrected chi connectivity index (χ1v) is 12.2. The van der Waals surface area contributed by atoms with Crippen molar-refractivity contribution >= 4 is 40.1 Å². The average molecular weight is 556 g/mol. The van der Waals surface area contributed by atoms with E-state index in [-0.39, 0.29) is 27.6 Å². The molecular formula is C31H20F3N3O4. The van der Waals surface area contributed by atoms with Crippen LogP contribution < -0.4 is 10.6 Å². The lowest BCUT2D eigenvalue weighted by Crippen LogP contribution is -2.19. The number of hydrogen-bond acceptors (Lipinski definition) is 4. The zero-order valence-corrected chi connectivity index (χ0v) is 21.1. The largest absolute Gasteiger partial charge is 0.478 e. The second-order valence-corrected chi connectivity index (χ2v) is 8.98. The average Bonchev–Trinajstić information content (AvgIpc) is 2.96. The Balaban J connectivity index is 1.56. The van der Waals surface area contributed by atoms with Crippen LogP contribution in [0.15, 0.2) is 103 Å². The number of halogens is 3. The number of carbonyl (C=O) groups excluding carboxylic acids is 2. The maximum Gasteiger partial charge on any atom is 0.418 e. The number of hydrogen-bond donors (Lipinski definition) is 3. The van der Waals surface area contributed by atoms with Gasteiger partial charge in [0.1, 0.15) is 0 Å². The molecule has 1 heterocycles. The number of nitrogens with zero attached hydrogens (tertiary/aromatic N) is 1. The second kappa shape index (κ2) is 10.9. The number of carboxylic acid groups (broad SMARTS) is 1. The zero-order valence-electron chi connectivity index (χ0n) is 21.1. The van der Waals surface area contributed by atoms with Crippen LogP contribution in [0.5, 0.6) is 0 Å². The molecule has 0 aliphatic carbocycles. The van der Waals surface area contributed by atoms with E-state index in [9.17, 15) is 27.6 Å². The Hall–Kier alpha value is -5.51. The number of urea groups is 1. The van der Waals surface area contributed by atoms with E-state index < -0.39 is 29.5 Å². The molecule has 1 aromatic heterocycles. The molecule has 0 aliphatic heterocycles. The molecule has 10 heteroatoms. The van der Waals surface area contributed by atoms with Crippen molar-refractivity contribution in [1.29, 1.82) is 0 Å². The van der Waals surface area contributed by atoms with Crippen molar-refractivity contribution in [2.75, 3.05) is 10.6 Å². The van der Waals surface area contributed by atoms with Crippen LogP contribution in [-0.4, -0.2) is 27.9 Å². The van der Waals surface area contributed by atoms with Gasteiger partial charge in [-0.2, -0.15) is 13.2 Å². The van der Waals surface area contributed by atoms with Crippen LogP contribution in [0.25, 0.3) is 22.0 Å². The summed E-state index contributed by atoms with van der Waals surface area (Å²) in [5, 5.41) is 14.4. The van der Waals surface area contributed by atoms with Crippen LogP contribution in [0.4, 0.5) is 29.3 Å². The molecule has 0 bridgehead atoms. The number of aromatic carboxylic acids is 1. The molecule has 0 aliphatic rings. The van der Waals surface area contributed by atoms with Crippen LogP contribution in [0.2, 0.25) is 0 Å². The van der Waals surface area contributed by atoms with E-state index in [1.54, 1.807) is 54.6 Å². The van der Waals surface area contributed by atoms with Gasteiger partial charge in [-0.1, -0.05) is 54.6 Å². The number of alkyl halides is 3. The summed E-state index contributed by atoms with van der Waals surface area (Å²) in [6.45, 7) is 0. The number of rotatable bonds is 6. The Bertz CT molecular complexity index is 1790. The van der Waals surface area contributed by atoms with E-state index in [1.807, 2.05) is 0 Å². The Morgan fingerprint density at radius 3 is 2.10 bits per heavy atom. The number of carboxylic acids is 1. The molecule has 0 fully saturated rings. The van der Waals surface area contributed by atoms with Crippen molar-refractivity contribution in [2.45, 2.75) is 6.18 Å². The number of ketones is 1. The predicted octanol–water partition coefficient (Wildman–Crippen LogP) is 7.49. The van der Waals surface area contributed by atoms with E-state index in [0.29, 0.717) is 22.5 Å². The van der Waals surface area contributed by atoms with Gasteiger partial charge in [-0.15, -0.1) is 0 Å². The number of aromatic nitrogens is 1. The number of anilines is 2. The van der Waals surface area contributed by atoms with Gasteiger partial charge in [-0.25, -0.2) is 9.59 Å². The van der Waals surface area contributed by atoms with Crippen molar-refractivity contribution in [3.05, 3.63) is 126 Å². The summed E-state index contributed by atoms with van der Waals surface area (Å²) in [4.78, 5) is 41.3. The zero-order chi connectivity index (χ0) is 29.1. The van der Waals surface area contributed by atoms with Gasteiger partial charge in [0.15, 0.2) is 5.78 Å². The molecule has 5 aromatic rings. The lowest BCUT2D eigenvalue weighted by atomic mass is 9.91. The fourth-order valence-electron chi connectivity index (χ4n) is 4.42. The third-order valence-corrected chi connectivity index (χ3v) is 6.28. The van der Waals surface area contributed by atoms with Crippen LogP contribution >= 0.6 is 0 Å². The van der Waals surface area contributed by atoms with Crippen molar-refractivity contribution in [1.82, 2.24) is 4.98 Å². The molecule has 41 heavy (non-hydrogen) atoms. The number of fused-ring (bicyclic) bond motifs is 1. The Morgan fingerprint density at radius 1 is 0.732 bits per heavy atom. The Labute approximate surface area is 231 Å². The first kappa shape index (κ1) is 27.1. The quantitative estimate of drug-likeness (QED) is 0.188. The first-order valence-electron chi connectivity index (χ1n) is 12.2. The molecule has 0 atom stereocenters. The summed E-state index contributed by atoms with van der Waals surface area (Å²) in [6.07, 6.45) is -3.52. The third kappa shape index (κ3) is 5.76. The molecule has 0 saturated heterocycles. The summed E-state index contributed by atoms with van der Waals surface area (Å²) in [6, 6.07) is 23.3. The number of pyridine rings is 1. The van der Waals surface area contributed by atoms with E-state index in [2.05, 4.69) is 15.6 Å². The van der Waals surface area contributed by atoms with Crippen molar-refractivity contribution in [2.24, 2.45) is 0 Å². The number of benzene rings is 4. The minimum Gasteiger partial charge on any atom is -0.478 e. The lowest BCUT2D eigenvalue weighted by Gasteiger charge is -2.16. The molecule has 3 N–H and O–H groups in total. The number of carbonyl (C=O) groups is 3. The summed E-state index contributed by atoms with van der Waals surface area (Å²) in [7, 11) is 0. The molecule has 0 saturated carbocycles. The smallest absolute Gasteiger partial charge is 0.418 e. The van der Waals surface area contributed by atoms with Gasteiger partial charge in [-0.05, 0) is 48.0 Å². The second-order valence-electron chi connectivity index (χ2n) is 8.98. The molecular weight excluding hydrogens is 535 g/mol. The highest BCUT2D eigenvalue weighted by Gasteiger charge is 2.34. The fraction of sp³-hybridized carbons (Fsp3) is 0.0323. The van der Waals surface area contributed by atoms with E-state index in [4.69, 9.17) is 5.11 Å². The molecule has 7 nitrogen and oxygen atoms in total. The maximum absolute atomic E-state index is 13.8. The summed E-state index contributed by atoms with van der Waals surface area (Å²) in [5.74, 6) is -1.53. The Morgan fingerprint density at radius 2 is 1.41 bits per heavy atom. The molecule has 2 amide bonds. The first-order chi connectivity index (χ1) is 19.6. The lowest BCUT2D eigenvalue weighted by molar-refractivity contribution is -0.136. The molecule has 0 radical (unpaired) electrons. The summed E-state index contributed by atoms with van der Waals surface area (Å²) < 4.78 is 41.5. The molecule has 204 valence electrons. The highest BCUT2D eigenvalue weighted by atomic mass is 19.4. The van der Waals surface area contributed by atoms with Crippen molar-refractivity contribution in [3.8, 4) is 11.1 Å². The summed E-state index contributed by atoms with van der Waals surface area (Å²) >= 11 is 0.